The Bertz CT molecular complexity index is 877. The number of hydrogen-bond donors (Lipinski definition) is 0. The first kappa shape index (κ1) is 25.4. The van der Waals surface area contributed by atoms with Crippen molar-refractivity contribution in [2.75, 3.05) is 26.3 Å². The molecule has 0 bridgehead atoms. The molecule has 6 nitrogen and oxygen atoms in total. The summed E-state index contributed by atoms with van der Waals surface area (Å²) in [6.45, 7) is 10.6. The van der Waals surface area contributed by atoms with E-state index in [1.807, 2.05) is 44.8 Å². The van der Waals surface area contributed by atoms with Gasteiger partial charge >= 0.3 is 0 Å². The minimum absolute atomic E-state index is 0.0496. The zero-order chi connectivity index (χ0) is 24.3. The molecule has 4 rings (SSSR count). The lowest BCUT2D eigenvalue weighted by Crippen LogP contribution is -2.54. The lowest BCUT2D eigenvalue weighted by Gasteiger charge is -2.44. The molecule has 0 spiro atoms. The van der Waals surface area contributed by atoms with Gasteiger partial charge in [0.1, 0.15) is 0 Å². The van der Waals surface area contributed by atoms with Crippen molar-refractivity contribution in [3.63, 3.8) is 0 Å². The summed E-state index contributed by atoms with van der Waals surface area (Å²) in [7, 11) is 0. The second-order valence-corrected chi connectivity index (χ2v) is 12.4. The Hall–Kier alpha value is -1.74. The maximum absolute atomic E-state index is 13.6. The van der Waals surface area contributed by atoms with E-state index in [-0.39, 0.29) is 35.1 Å². The average Bonchev–Trinajstić information content (AvgIpc) is 3.49. The summed E-state index contributed by atoms with van der Waals surface area (Å²) in [4.78, 5) is 32.6. The van der Waals surface area contributed by atoms with Gasteiger partial charge in [-0.05, 0) is 76.3 Å². The molecule has 2 saturated heterocycles. The largest absolute Gasteiger partial charge is 0.375 e. The summed E-state index contributed by atoms with van der Waals surface area (Å²) in [5, 5.41) is 3.88. The average molecular weight is 505 g/mol. The summed E-state index contributed by atoms with van der Waals surface area (Å²) in [6, 6.07) is 7.79. The van der Waals surface area contributed by atoms with Crippen molar-refractivity contribution in [3.05, 3.63) is 44.8 Å². The van der Waals surface area contributed by atoms with Gasteiger partial charge in [-0.25, -0.2) is 0 Å². The number of ether oxygens (including phenoxy) is 2. The van der Waals surface area contributed by atoms with Crippen LogP contribution in [-0.4, -0.2) is 71.2 Å². The van der Waals surface area contributed by atoms with Crippen molar-refractivity contribution < 1.29 is 19.1 Å². The second kappa shape index (κ2) is 10.5. The molecule has 8 heteroatoms. The minimum atomic E-state index is -0.270. The molecule has 2 aliphatic heterocycles. The number of thiophene rings is 2. The van der Waals surface area contributed by atoms with Gasteiger partial charge in [-0.3, -0.25) is 9.59 Å². The van der Waals surface area contributed by atoms with E-state index in [9.17, 15) is 9.59 Å². The highest BCUT2D eigenvalue weighted by Crippen LogP contribution is 2.31. The number of hydrogen-bond acceptors (Lipinski definition) is 6. The predicted molar refractivity (Wildman–Crippen MR) is 137 cm³/mol. The van der Waals surface area contributed by atoms with E-state index in [4.69, 9.17) is 9.47 Å². The van der Waals surface area contributed by atoms with Crippen molar-refractivity contribution in [2.45, 2.75) is 76.7 Å². The fourth-order valence-electron chi connectivity index (χ4n) is 5.13. The summed E-state index contributed by atoms with van der Waals surface area (Å²) in [5.74, 6) is 0.0991. The molecule has 2 fully saturated rings. The van der Waals surface area contributed by atoms with E-state index in [1.54, 1.807) is 0 Å². The third-order valence-corrected chi connectivity index (χ3v) is 8.51. The zero-order valence-electron chi connectivity index (χ0n) is 20.6. The molecule has 186 valence electrons. The Morgan fingerprint density at radius 2 is 1.24 bits per heavy atom. The van der Waals surface area contributed by atoms with E-state index in [2.05, 4.69) is 27.7 Å². The molecule has 0 saturated carbocycles. The molecule has 34 heavy (non-hydrogen) atoms. The van der Waals surface area contributed by atoms with Crippen LogP contribution in [-0.2, 0) is 9.47 Å². The van der Waals surface area contributed by atoms with Crippen LogP contribution >= 0.6 is 22.7 Å². The van der Waals surface area contributed by atoms with Gasteiger partial charge in [-0.2, -0.15) is 0 Å². The van der Waals surface area contributed by atoms with Gasteiger partial charge in [0.15, 0.2) is 0 Å². The topological polar surface area (TPSA) is 59.1 Å². The molecule has 2 aliphatic rings. The van der Waals surface area contributed by atoms with Crippen LogP contribution in [0, 0.1) is 0 Å². The van der Waals surface area contributed by atoms with Crippen molar-refractivity contribution in [1.82, 2.24) is 9.80 Å². The molecule has 2 amide bonds. The molecule has 0 radical (unpaired) electrons. The number of amides is 2. The molecule has 0 aromatic carbocycles. The van der Waals surface area contributed by atoms with E-state index < -0.39 is 0 Å². The van der Waals surface area contributed by atoms with Gasteiger partial charge in [-0.1, -0.05) is 12.1 Å². The molecule has 4 heterocycles. The molecular formula is C26H36N2O4S2. The van der Waals surface area contributed by atoms with Crippen LogP contribution in [0.3, 0.4) is 0 Å². The smallest absolute Gasteiger partial charge is 0.264 e. The van der Waals surface area contributed by atoms with Gasteiger partial charge in [0, 0.05) is 38.4 Å². The molecule has 2 aromatic heterocycles. The van der Waals surface area contributed by atoms with Crippen LogP contribution in [0.2, 0.25) is 0 Å². The second-order valence-electron chi connectivity index (χ2n) is 10.5. The fourth-order valence-corrected chi connectivity index (χ4v) is 6.49. The maximum Gasteiger partial charge on any atom is 0.264 e. The molecule has 2 atom stereocenters. The van der Waals surface area contributed by atoms with Gasteiger partial charge in [0.05, 0.1) is 21.0 Å². The fraction of sp³-hybridized carbons (Fsp3) is 0.615. The Labute approximate surface area is 210 Å². The molecule has 0 aliphatic carbocycles. The van der Waals surface area contributed by atoms with Gasteiger partial charge in [-0.15, -0.1) is 22.7 Å². The number of nitrogens with zero attached hydrogens (tertiary/aromatic N) is 2. The van der Waals surface area contributed by atoms with Crippen LogP contribution in [0.5, 0.6) is 0 Å². The van der Waals surface area contributed by atoms with Crippen LogP contribution < -0.4 is 0 Å². The standard InChI is InChI=1S/C26H36N2O4S2/c1-25(2)17-19(9-13-31-25)27(23(29)21-7-5-15-33-21)11-12-28(24(30)22-8-6-16-34-22)20-10-14-32-26(3,4)18-20/h5-8,15-16,19-20H,9-14,17-18H2,1-4H3/t19-,20-/m1/s1. The summed E-state index contributed by atoms with van der Waals surface area (Å²) >= 11 is 2.94. The SMILES string of the molecule is CC1(C)C[C@H](N(CCN(C(=O)c2cccs2)[C@@H]2CCOC(C)(C)C2)C(=O)c2cccs2)CCO1. The Morgan fingerprint density at radius 3 is 1.56 bits per heavy atom. The van der Waals surface area contributed by atoms with Gasteiger partial charge in [0.2, 0.25) is 0 Å². The summed E-state index contributed by atoms with van der Waals surface area (Å²) in [6.07, 6.45) is 3.19. The first-order valence-electron chi connectivity index (χ1n) is 12.1. The van der Waals surface area contributed by atoms with Crippen molar-refractivity contribution in [2.24, 2.45) is 0 Å². The van der Waals surface area contributed by atoms with Crippen LogP contribution in [0.1, 0.15) is 72.7 Å². The molecular weight excluding hydrogens is 468 g/mol. The Morgan fingerprint density at radius 1 is 0.824 bits per heavy atom. The van der Waals surface area contributed by atoms with Gasteiger partial charge < -0.3 is 19.3 Å². The van der Waals surface area contributed by atoms with Crippen molar-refractivity contribution in [1.29, 1.82) is 0 Å². The van der Waals surface area contributed by atoms with Crippen LogP contribution in [0.15, 0.2) is 35.0 Å². The summed E-state index contributed by atoms with van der Waals surface area (Å²) < 4.78 is 11.9. The maximum atomic E-state index is 13.6. The molecule has 0 N–H and O–H groups in total. The van der Waals surface area contributed by atoms with E-state index >= 15 is 0 Å². The van der Waals surface area contributed by atoms with Crippen molar-refractivity contribution in [3.8, 4) is 0 Å². The molecule has 2 aromatic rings. The third kappa shape index (κ3) is 6.08. The predicted octanol–water partition coefficient (Wildman–Crippen LogP) is 5.31. The van der Waals surface area contributed by atoms with E-state index in [1.165, 1.54) is 22.7 Å². The highest BCUT2D eigenvalue weighted by atomic mass is 32.1. The van der Waals surface area contributed by atoms with Crippen LogP contribution in [0.4, 0.5) is 0 Å². The number of carbonyl (C=O) groups is 2. The summed E-state index contributed by atoms with van der Waals surface area (Å²) in [5.41, 5.74) is -0.539. The minimum Gasteiger partial charge on any atom is -0.375 e. The Kier molecular flexibility index (Phi) is 7.82. The lowest BCUT2D eigenvalue weighted by atomic mass is 9.92. The lowest BCUT2D eigenvalue weighted by molar-refractivity contribution is -0.0847. The highest BCUT2D eigenvalue weighted by molar-refractivity contribution is 7.12. The first-order valence-corrected chi connectivity index (χ1v) is 13.9. The Balaban J connectivity index is 1.57. The van der Waals surface area contributed by atoms with E-state index in [0.29, 0.717) is 26.3 Å². The van der Waals surface area contributed by atoms with Gasteiger partial charge in [0.25, 0.3) is 11.8 Å². The number of rotatable bonds is 7. The van der Waals surface area contributed by atoms with Crippen molar-refractivity contribution >= 4 is 34.5 Å². The monoisotopic (exact) mass is 504 g/mol. The molecule has 0 unspecified atom stereocenters. The van der Waals surface area contributed by atoms with Crippen LogP contribution in [0.25, 0.3) is 0 Å². The number of carbonyl (C=O) groups excluding carboxylic acids is 2. The normalized spacial score (nSPS) is 23.9. The first-order chi connectivity index (χ1) is 16.2. The highest BCUT2D eigenvalue weighted by Gasteiger charge is 2.38. The van der Waals surface area contributed by atoms with E-state index in [0.717, 1.165) is 35.4 Å². The zero-order valence-corrected chi connectivity index (χ0v) is 22.3. The quantitative estimate of drug-likeness (QED) is 0.513. The third-order valence-electron chi connectivity index (χ3n) is 6.79.